The van der Waals surface area contributed by atoms with Gasteiger partial charge in [-0.25, -0.2) is 4.39 Å². The Morgan fingerprint density at radius 3 is 2.69 bits per heavy atom. The first-order valence-electron chi connectivity index (χ1n) is 5.36. The van der Waals surface area contributed by atoms with Crippen molar-refractivity contribution >= 4 is 23.2 Å². The molecule has 0 amide bonds. The number of nitrogens with one attached hydrogen (secondary N) is 1. The van der Waals surface area contributed by atoms with Crippen LogP contribution in [0.15, 0.2) is 18.2 Å². The van der Waals surface area contributed by atoms with E-state index in [1.807, 2.05) is 0 Å². The van der Waals surface area contributed by atoms with Crippen LogP contribution in [0.25, 0.3) is 0 Å². The lowest BCUT2D eigenvalue weighted by molar-refractivity contribution is 0.504. The molecule has 1 aliphatic rings. The van der Waals surface area contributed by atoms with Crippen LogP contribution in [0.1, 0.15) is 18.4 Å². The maximum Gasteiger partial charge on any atom is 0.124 e. The Balaban J connectivity index is 1.85. The van der Waals surface area contributed by atoms with Crippen LogP contribution in [-0.2, 0) is 6.54 Å². The Bertz CT molecular complexity index is 377. The minimum Gasteiger partial charge on any atom is -0.312 e. The molecule has 1 saturated carbocycles. The first-order valence-corrected chi connectivity index (χ1v) is 6.27. The molecule has 1 aromatic rings. The van der Waals surface area contributed by atoms with Gasteiger partial charge < -0.3 is 5.32 Å². The molecular formula is C12H14Cl2FN. The Kier molecular flexibility index (Phi) is 3.73. The predicted octanol–water partition coefficient (Wildman–Crippen LogP) is 3.59. The largest absolute Gasteiger partial charge is 0.312 e. The maximum atomic E-state index is 12.8. The van der Waals surface area contributed by atoms with Gasteiger partial charge in [-0.3, -0.25) is 0 Å². The monoisotopic (exact) mass is 261 g/mol. The second-order valence-electron chi connectivity index (χ2n) is 4.47. The van der Waals surface area contributed by atoms with Crippen molar-refractivity contribution in [2.75, 3.05) is 12.4 Å². The molecule has 0 heterocycles. The van der Waals surface area contributed by atoms with Crippen LogP contribution in [0.3, 0.4) is 0 Å². The fourth-order valence-corrected chi connectivity index (χ4v) is 2.26. The molecule has 0 bridgehead atoms. The third kappa shape index (κ3) is 2.88. The third-order valence-electron chi connectivity index (χ3n) is 3.07. The normalized spacial score (nSPS) is 17.4. The molecule has 0 unspecified atom stereocenters. The van der Waals surface area contributed by atoms with Crippen molar-refractivity contribution in [1.29, 1.82) is 0 Å². The number of hydrogen-bond donors (Lipinski definition) is 1. The highest BCUT2D eigenvalue weighted by Crippen LogP contribution is 2.45. The van der Waals surface area contributed by atoms with Gasteiger partial charge in [0.2, 0.25) is 0 Å². The van der Waals surface area contributed by atoms with Gasteiger partial charge in [-0.15, -0.1) is 11.6 Å². The molecular weight excluding hydrogens is 248 g/mol. The topological polar surface area (TPSA) is 12.0 Å². The molecule has 1 aliphatic carbocycles. The third-order valence-corrected chi connectivity index (χ3v) is 3.99. The summed E-state index contributed by atoms with van der Waals surface area (Å²) in [7, 11) is 0. The van der Waals surface area contributed by atoms with Crippen molar-refractivity contribution in [3.8, 4) is 0 Å². The van der Waals surface area contributed by atoms with Crippen LogP contribution in [0, 0.1) is 11.2 Å². The lowest BCUT2D eigenvalue weighted by Gasteiger charge is -2.13. The summed E-state index contributed by atoms with van der Waals surface area (Å²) >= 11 is 11.8. The van der Waals surface area contributed by atoms with E-state index in [1.54, 1.807) is 6.07 Å². The van der Waals surface area contributed by atoms with E-state index in [2.05, 4.69) is 5.32 Å². The fourth-order valence-electron chi connectivity index (χ4n) is 1.66. The highest BCUT2D eigenvalue weighted by Gasteiger charge is 2.41. The summed E-state index contributed by atoms with van der Waals surface area (Å²) in [4.78, 5) is 0. The average molecular weight is 262 g/mol. The molecule has 1 fully saturated rings. The summed E-state index contributed by atoms with van der Waals surface area (Å²) in [5.74, 6) is 0.408. The molecule has 2 rings (SSSR count). The average Bonchev–Trinajstić information content (AvgIpc) is 3.02. The zero-order chi connectivity index (χ0) is 11.6. The number of halogens is 3. The SMILES string of the molecule is Fc1ccc(CNCC2(CCl)CC2)c(Cl)c1. The van der Waals surface area contributed by atoms with Gasteiger partial charge in [-0.05, 0) is 36.0 Å². The molecule has 0 atom stereocenters. The fraction of sp³-hybridized carbons (Fsp3) is 0.500. The van der Waals surface area contributed by atoms with Gasteiger partial charge in [0.05, 0.1) is 0 Å². The summed E-state index contributed by atoms with van der Waals surface area (Å²) in [6.07, 6.45) is 2.39. The minimum atomic E-state index is -0.298. The quantitative estimate of drug-likeness (QED) is 0.799. The first-order chi connectivity index (χ1) is 7.65. The molecule has 1 nitrogen and oxygen atoms in total. The second kappa shape index (κ2) is 4.91. The number of benzene rings is 1. The van der Waals surface area contributed by atoms with E-state index in [9.17, 15) is 4.39 Å². The van der Waals surface area contributed by atoms with E-state index in [0.717, 1.165) is 12.1 Å². The van der Waals surface area contributed by atoms with Gasteiger partial charge in [-0.2, -0.15) is 0 Å². The molecule has 0 aliphatic heterocycles. The molecule has 0 aromatic heterocycles. The lowest BCUT2D eigenvalue weighted by Crippen LogP contribution is -2.24. The summed E-state index contributed by atoms with van der Waals surface area (Å²) in [6, 6.07) is 4.48. The molecule has 88 valence electrons. The van der Waals surface area contributed by atoms with Crippen molar-refractivity contribution in [2.45, 2.75) is 19.4 Å². The molecule has 4 heteroatoms. The number of rotatable bonds is 5. The summed E-state index contributed by atoms with van der Waals surface area (Å²) in [5.41, 5.74) is 1.22. The molecule has 16 heavy (non-hydrogen) atoms. The first kappa shape index (κ1) is 12.2. The van der Waals surface area contributed by atoms with Gasteiger partial charge in [-0.1, -0.05) is 17.7 Å². The van der Waals surface area contributed by atoms with E-state index in [0.29, 0.717) is 22.9 Å². The summed E-state index contributed by atoms with van der Waals surface area (Å²) < 4.78 is 12.8. The molecule has 0 radical (unpaired) electrons. The number of alkyl halides is 1. The van der Waals surface area contributed by atoms with Crippen LogP contribution in [0.2, 0.25) is 5.02 Å². The Morgan fingerprint density at radius 2 is 2.12 bits per heavy atom. The van der Waals surface area contributed by atoms with Gasteiger partial charge in [0, 0.05) is 24.0 Å². The van der Waals surface area contributed by atoms with Gasteiger partial charge in [0.15, 0.2) is 0 Å². The second-order valence-corrected chi connectivity index (χ2v) is 5.15. The summed E-state index contributed by atoms with van der Waals surface area (Å²) in [5, 5.41) is 3.80. The van der Waals surface area contributed by atoms with Crippen LogP contribution < -0.4 is 5.32 Å². The molecule has 1 N–H and O–H groups in total. The van der Waals surface area contributed by atoms with Gasteiger partial charge in [0.25, 0.3) is 0 Å². The maximum absolute atomic E-state index is 12.8. The van der Waals surface area contributed by atoms with Crippen molar-refractivity contribution in [1.82, 2.24) is 5.32 Å². The highest BCUT2D eigenvalue weighted by atomic mass is 35.5. The van der Waals surface area contributed by atoms with E-state index < -0.39 is 0 Å². The van der Waals surface area contributed by atoms with E-state index >= 15 is 0 Å². The van der Waals surface area contributed by atoms with Crippen LogP contribution >= 0.6 is 23.2 Å². The van der Waals surface area contributed by atoms with Crippen molar-refractivity contribution in [2.24, 2.45) is 5.41 Å². The lowest BCUT2D eigenvalue weighted by atomic mass is 10.1. The van der Waals surface area contributed by atoms with E-state index in [-0.39, 0.29) is 5.82 Å². The van der Waals surface area contributed by atoms with E-state index in [1.165, 1.54) is 25.0 Å². The zero-order valence-electron chi connectivity index (χ0n) is 8.90. The smallest absolute Gasteiger partial charge is 0.124 e. The minimum absolute atomic E-state index is 0.298. The van der Waals surface area contributed by atoms with Crippen LogP contribution in [-0.4, -0.2) is 12.4 Å². The van der Waals surface area contributed by atoms with Crippen molar-refractivity contribution < 1.29 is 4.39 Å². The van der Waals surface area contributed by atoms with Crippen molar-refractivity contribution in [3.63, 3.8) is 0 Å². The Labute approximate surface area is 105 Å². The predicted molar refractivity (Wildman–Crippen MR) is 65.5 cm³/mol. The summed E-state index contributed by atoms with van der Waals surface area (Å²) in [6.45, 7) is 1.57. The van der Waals surface area contributed by atoms with Crippen LogP contribution in [0.5, 0.6) is 0 Å². The highest BCUT2D eigenvalue weighted by molar-refractivity contribution is 6.31. The Hall–Kier alpha value is -0.310. The standard InChI is InChI=1S/C12H14Cl2FN/c13-7-12(3-4-12)8-16-6-9-1-2-10(15)5-11(9)14/h1-2,5,16H,3-4,6-8H2. The van der Waals surface area contributed by atoms with Gasteiger partial charge >= 0.3 is 0 Å². The van der Waals surface area contributed by atoms with E-state index in [4.69, 9.17) is 23.2 Å². The van der Waals surface area contributed by atoms with Gasteiger partial charge in [0.1, 0.15) is 5.82 Å². The van der Waals surface area contributed by atoms with Crippen molar-refractivity contribution in [3.05, 3.63) is 34.6 Å². The van der Waals surface area contributed by atoms with Crippen LogP contribution in [0.4, 0.5) is 4.39 Å². The molecule has 0 saturated heterocycles. The Morgan fingerprint density at radius 1 is 1.38 bits per heavy atom. The number of hydrogen-bond acceptors (Lipinski definition) is 1. The zero-order valence-corrected chi connectivity index (χ0v) is 10.4. The molecule has 1 aromatic carbocycles. The molecule has 0 spiro atoms.